The highest BCUT2D eigenvalue weighted by atomic mass is 16.5. The molecule has 0 radical (unpaired) electrons. The molecule has 2 aromatic carbocycles. The van der Waals surface area contributed by atoms with Crippen LogP contribution in [0.15, 0.2) is 42.5 Å². The Kier molecular flexibility index (Phi) is 9.27. The standard InChI is InChI=1S/C27H37NO4/c1-4-30-24-17-22(18-25(31-5-2)26(24)32-6-3)27(29)28-19-23(20-13-9-7-10-14-20)21-15-11-8-12-16-21/h7,9-10,13-14,17-18,21,23H,4-6,8,11-12,15-16,19H2,1-3H3,(H,28,29)/t23-/m0/s1. The first-order chi connectivity index (χ1) is 15.7. The molecule has 5 heteroatoms. The van der Waals surface area contributed by atoms with Crippen LogP contribution < -0.4 is 19.5 Å². The van der Waals surface area contributed by atoms with Gasteiger partial charge in [-0.2, -0.15) is 0 Å². The maximum absolute atomic E-state index is 13.2. The molecular formula is C27H37NO4. The second kappa shape index (κ2) is 12.4. The van der Waals surface area contributed by atoms with E-state index in [1.54, 1.807) is 12.1 Å². The van der Waals surface area contributed by atoms with Gasteiger partial charge in [-0.15, -0.1) is 0 Å². The van der Waals surface area contributed by atoms with Crippen LogP contribution in [0, 0.1) is 5.92 Å². The fourth-order valence-corrected chi connectivity index (χ4v) is 4.62. The summed E-state index contributed by atoms with van der Waals surface area (Å²) in [6.07, 6.45) is 6.31. The van der Waals surface area contributed by atoms with Crippen molar-refractivity contribution < 1.29 is 19.0 Å². The minimum atomic E-state index is -0.119. The molecule has 1 amide bonds. The van der Waals surface area contributed by atoms with Crippen molar-refractivity contribution in [3.05, 3.63) is 53.6 Å². The van der Waals surface area contributed by atoms with Gasteiger partial charge in [0.25, 0.3) is 5.91 Å². The molecule has 0 aromatic heterocycles. The number of amides is 1. The summed E-state index contributed by atoms with van der Waals surface area (Å²) in [5, 5.41) is 3.19. The van der Waals surface area contributed by atoms with Gasteiger partial charge in [-0.05, 0) is 57.2 Å². The van der Waals surface area contributed by atoms with Crippen LogP contribution in [0.2, 0.25) is 0 Å². The summed E-state index contributed by atoms with van der Waals surface area (Å²) in [6, 6.07) is 14.1. The Bertz CT molecular complexity index is 819. The third-order valence-electron chi connectivity index (χ3n) is 6.10. The van der Waals surface area contributed by atoms with Crippen LogP contribution in [-0.4, -0.2) is 32.3 Å². The largest absolute Gasteiger partial charge is 0.490 e. The van der Waals surface area contributed by atoms with E-state index in [-0.39, 0.29) is 5.91 Å². The normalized spacial score (nSPS) is 15.1. The monoisotopic (exact) mass is 439 g/mol. The van der Waals surface area contributed by atoms with Crippen LogP contribution in [0.1, 0.15) is 74.7 Å². The molecule has 1 aliphatic rings. The second-order valence-corrected chi connectivity index (χ2v) is 8.23. The van der Waals surface area contributed by atoms with Crippen LogP contribution in [0.4, 0.5) is 0 Å². The molecule has 1 fully saturated rings. The molecule has 0 aliphatic heterocycles. The van der Waals surface area contributed by atoms with Gasteiger partial charge in [0, 0.05) is 18.0 Å². The van der Waals surface area contributed by atoms with E-state index < -0.39 is 0 Å². The highest BCUT2D eigenvalue weighted by Gasteiger charge is 2.26. The Balaban J connectivity index is 1.81. The summed E-state index contributed by atoms with van der Waals surface area (Å²) >= 11 is 0. The quantitative estimate of drug-likeness (QED) is 0.468. The first-order valence-corrected chi connectivity index (χ1v) is 12.1. The first kappa shape index (κ1) is 24.0. The van der Waals surface area contributed by atoms with Crippen molar-refractivity contribution in [3.63, 3.8) is 0 Å². The SMILES string of the molecule is CCOc1cc(C(=O)NC[C@@H](c2ccccc2)C2CCCCC2)cc(OCC)c1OCC. The molecule has 0 spiro atoms. The van der Waals surface area contributed by atoms with Crippen LogP contribution in [0.25, 0.3) is 0 Å². The van der Waals surface area contributed by atoms with E-state index >= 15 is 0 Å². The van der Waals surface area contributed by atoms with Gasteiger partial charge in [-0.25, -0.2) is 0 Å². The highest BCUT2D eigenvalue weighted by Crippen LogP contribution is 2.39. The van der Waals surface area contributed by atoms with Crippen molar-refractivity contribution in [2.75, 3.05) is 26.4 Å². The maximum atomic E-state index is 13.2. The molecular weight excluding hydrogens is 402 g/mol. The predicted octanol–water partition coefficient (Wildman–Crippen LogP) is 5.98. The highest BCUT2D eigenvalue weighted by molar-refractivity contribution is 5.95. The molecule has 0 saturated heterocycles. The average molecular weight is 440 g/mol. The molecule has 174 valence electrons. The van der Waals surface area contributed by atoms with Crippen molar-refractivity contribution >= 4 is 5.91 Å². The van der Waals surface area contributed by atoms with Crippen molar-refractivity contribution in [1.82, 2.24) is 5.32 Å². The lowest BCUT2D eigenvalue weighted by Gasteiger charge is -2.31. The molecule has 1 atom stereocenters. The number of carbonyl (C=O) groups excluding carboxylic acids is 1. The average Bonchev–Trinajstić information content (AvgIpc) is 2.82. The zero-order valence-corrected chi connectivity index (χ0v) is 19.7. The Morgan fingerprint density at radius 3 is 2.06 bits per heavy atom. The molecule has 1 N–H and O–H groups in total. The molecule has 0 heterocycles. The molecule has 0 unspecified atom stereocenters. The summed E-state index contributed by atoms with van der Waals surface area (Å²) in [5.74, 6) is 2.43. The van der Waals surface area contributed by atoms with Gasteiger partial charge in [-0.3, -0.25) is 4.79 Å². The number of carbonyl (C=O) groups is 1. The smallest absolute Gasteiger partial charge is 0.251 e. The lowest BCUT2D eigenvalue weighted by molar-refractivity contribution is 0.0945. The van der Waals surface area contributed by atoms with E-state index in [0.29, 0.717) is 61.0 Å². The summed E-state index contributed by atoms with van der Waals surface area (Å²) in [4.78, 5) is 13.2. The Morgan fingerprint density at radius 2 is 1.50 bits per heavy atom. The maximum Gasteiger partial charge on any atom is 0.251 e. The number of hydrogen-bond acceptors (Lipinski definition) is 4. The molecule has 32 heavy (non-hydrogen) atoms. The third kappa shape index (κ3) is 6.18. The topological polar surface area (TPSA) is 56.8 Å². The number of hydrogen-bond donors (Lipinski definition) is 1. The van der Waals surface area contributed by atoms with Gasteiger partial charge in [0.1, 0.15) is 0 Å². The summed E-state index contributed by atoms with van der Waals surface area (Å²) in [7, 11) is 0. The molecule has 0 bridgehead atoms. The first-order valence-electron chi connectivity index (χ1n) is 12.1. The van der Waals surface area contributed by atoms with E-state index in [1.165, 1.54) is 37.7 Å². The number of nitrogens with one attached hydrogen (secondary N) is 1. The number of ether oxygens (including phenoxy) is 3. The van der Waals surface area contributed by atoms with Gasteiger partial charge in [-0.1, -0.05) is 49.6 Å². The minimum absolute atomic E-state index is 0.119. The third-order valence-corrected chi connectivity index (χ3v) is 6.10. The van der Waals surface area contributed by atoms with Gasteiger partial charge < -0.3 is 19.5 Å². The minimum Gasteiger partial charge on any atom is -0.490 e. The number of rotatable bonds is 11. The van der Waals surface area contributed by atoms with E-state index in [0.717, 1.165) is 0 Å². The zero-order valence-electron chi connectivity index (χ0n) is 19.7. The van der Waals surface area contributed by atoms with Crippen LogP contribution in [-0.2, 0) is 0 Å². The molecule has 2 aromatic rings. The lowest BCUT2D eigenvalue weighted by Crippen LogP contribution is -2.32. The zero-order chi connectivity index (χ0) is 22.8. The Labute approximate surface area is 192 Å². The fourth-order valence-electron chi connectivity index (χ4n) is 4.62. The summed E-state index contributed by atoms with van der Waals surface area (Å²) in [5.41, 5.74) is 1.83. The van der Waals surface area contributed by atoms with Crippen LogP contribution in [0.3, 0.4) is 0 Å². The van der Waals surface area contributed by atoms with E-state index in [9.17, 15) is 4.79 Å². The van der Waals surface area contributed by atoms with Gasteiger partial charge in [0.15, 0.2) is 11.5 Å². The lowest BCUT2D eigenvalue weighted by atomic mass is 9.76. The number of benzene rings is 2. The van der Waals surface area contributed by atoms with E-state index in [4.69, 9.17) is 14.2 Å². The molecule has 3 rings (SSSR count). The van der Waals surface area contributed by atoms with Gasteiger partial charge in [0.05, 0.1) is 19.8 Å². The van der Waals surface area contributed by atoms with Crippen molar-refractivity contribution in [1.29, 1.82) is 0 Å². The molecule has 1 aliphatic carbocycles. The summed E-state index contributed by atoms with van der Waals surface area (Å²) < 4.78 is 17.3. The summed E-state index contributed by atoms with van der Waals surface area (Å²) in [6.45, 7) is 7.82. The van der Waals surface area contributed by atoms with Crippen molar-refractivity contribution in [2.45, 2.75) is 58.8 Å². The van der Waals surface area contributed by atoms with Gasteiger partial charge in [0.2, 0.25) is 5.75 Å². The Hall–Kier alpha value is -2.69. The van der Waals surface area contributed by atoms with Crippen LogP contribution in [0.5, 0.6) is 17.2 Å². The van der Waals surface area contributed by atoms with Crippen molar-refractivity contribution in [2.24, 2.45) is 5.92 Å². The van der Waals surface area contributed by atoms with Crippen molar-refractivity contribution in [3.8, 4) is 17.2 Å². The molecule has 1 saturated carbocycles. The van der Waals surface area contributed by atoms with Gasteiger partial charge >= 0.3 is 0 Å². The van der Waals surface area contributed by atoms with E-state index in [1.807, 2.05) is 26.8 Å². The fraction of sp³-hybridized carbons (Fsp3) is 0.519. The predicted molar refractivity (Wildman–Crippen MR) is 128 cm³/mol. The Morgan fingerprint density at radius 1 is 0.906 bits per heavy atom. The molecule has 5 nitrogen and oxygen atoms in total. The second-order valence-electron chi connectivity index (χ2n) is 8.23. The van der Waals surface area contributed by atoms with Crippen LogP contribution >= 0.6 is 0 Å². The van der Waals surface area contributed by atoms with E-state index in [2.05, 4.69) is 29.6 Å².